The molecule has 0 bridgehead atoms. The normalized spacial score (nSPS) is 11.8. The van der Waals surface area contributed by atoms with Crippen LogP contribution >= 0.6 is 11.3 Å². The maximum absolute atomic E-state index is 6.50. The fourth-order valence-electron chi connectivity index (χ4n) is 7.91. The lowest BCUT2D eigenvalue weighted by molar-refractivity contribution is 0.669. The van der Waals surface area contributed by atoms with Crippen molar-refractivity contribution in [3.05, 3.63) is 176 Å². The Morgan fingerprint density at radius 2 is 0.865 bits per heavy atom. The van der Waals surface area contributed by atoms with Gasteiger partial charge in [-0.2, -0.15) is 0 Å². The molecule has 11 aromatic rings. The first-order chi connectivity index (χ1) is 25.8. The number of benzene rings is 8. The van der Waals surface area contributed by atoms with Crippen LogP contribution in [0.15, 0.2) is 185 Å². The summed E-state index contributed by atoms with van der Waals surface area (Å²) >= 11 is 1.84. The van der Waals surface area contributed by atoms with Crippen LogP contribution in [0.2, 0.25) is 0 Å². The first-order valence-electron chi connectivity index (χ1n) is 17.5. The third kappa shape index (κ3) is 4.45. The zero-order valence-electron chi connectivity index (χ0n) is 27.9. The summed E-state index contributed by atoms with van der Waals surface area (Å²) in [5, 5.41) is 7.04. The highest BCUT2D eigenvalue weighted by Crippen LogP contribution is 2.47. The zero-order valence-corrected chi connectivity index (χ0v) is 28.7. The fourth-order valence-corrected chi connectivity index (χ4v) is 9.12. The number of nitrogens with zero attached hydrogens (tertiary/aromatic N) is 1. The van der Waals surface area contributed by atoms with E-state index in [1.807, 2.05) is 35.6 Å². The van der Waals surface area contributed by atoms with E-state index >= 15 is 0 Å². The number of hydrogen-bond acceptors (Lipinski definition) is 4. The Hall–Kier alpha value is -6.62. The molecule has 0 saturated heterocycles. The predicted octanol–water partition coefficient (Wildman–Crippen LogP) is 14.7. The van der Waals surface area contributed by atoms with Crippen molar-refractivity contribution in [1.82, 2.24) is 0 Å². The summed E-state index contributed by atoms with van der Waals surface area (Å²) in [4.78, 5) is 2.41. The van der Waals surface area contributed by atoms with Crippen molar-refractivity contribution >= 4 is 92.4 Å². The van der Waals surface area contributed by atoms with Crippen molar-refractivity contribution in [3.8, 4) is 22.3 Å². The molecule has 52 heavy (non-hydrogen) atoms. The largest absolute Gasteiger partial charge is 0.455 e. The Labute approximate surface area is 303 Å². The van der Waals surface area contributed by atoms with E-state index in [-0.39, 0.29) is 0 Å². The van der Waals surface area contributed by atoms with E-state index in [1.165, 1.54) is 20.2 Å². The van der Waals surface area contributed by atoms with Crippen LogP contribution in [0, 0.1) is 0 Å². The van der Waals surface area contributed by atoms with Crippen LogP contribution in [0.5, 0.6) is 0 Å². The van der Waals surface area contributed by atoms with E-state index in [0.717, 1.165) is 83.2 Å². The van der Waals surface area contributed by atoms with Gasteiger partial charge in [0.15, 0.2) is 0 Å². The molecule has 11 rings (SSSR count). The maximum Gasteiger partial charge on any atom is 0.143 e. The van der Waals surface area contributed by atoms with Gasteiger partial charge in [0.25, 0.3) is 0 Å². The molecule has 0 radical (unpaired) electrons. The Balaban J connectivity index is 1.14. The molecule has 0 atom stereocenters. The first-order valence-corrected chi connectivity index (χ1v) is 18.3. The van der Waals surface area contributed by atoms with Gasteiger partial charge in [-0.05, 0) is 59.7 Å². The van der Waals surface area contributed by atoms with Crippen molar-refractivity contribution in [2.45, 2.75) is 0 Å². The van der Waals surface area contributed by atoms with E-state index in [0.29, 0.717) is 0 Å². The van der Waals surface area contributed by atoms with Crippen molar-refractivity contribution in [1.29, 1.82) is 0 Å². The van der Waals surface area contributed by atoms with Crippen molar-refractivity contribution in [2.24, 2.45) is 0 Å². The third-order valence-corrected chi connectivity index (χ3v) is 11.5. The van der Waals surface area contributed by atoms with Crippen LogP contribution in [0.1, 0.15) is 0 Å². The number of anilines is 3. The second kappa shape index (κ2) is 11.5. The summed E-state index contributed by atoms with van der Waals surface area (Å²) in [7, 11) is 0. The second-order valence-corrected chi connectivity index (χ2v) is 14.3. The van der Waals surface area contributed by atoms with Crippen molar-refractivity contribution in [3.63, 3.8) is 0 Å². The molecule has 0 aliphatic heterocycles. The van der Waals surface area contributed by atoms with Gasteiger partial charge < -0.3 is 13.7 Å². The smallest absolute Gasteiger partial charge is 0.143 e. The SMILES string of the molecule is c1cc(-c2cccc3c2oc2ccccc23)cc(N(c2cccc(-c3cccc4c3oc3ccccc34)c2)c2cccc3c2sc2ccccc23)c1. The quantitative estimate of drug-likeness (QED) is 0.181. The van der Waals surface area contributed by atoms with E-state index in [9.17, 15) is 0 Å². The van der Waals surface area contributed by atoms with Gasteiger partial charge in [0.1, 0.15) is 22.3 Å². The molecular weight excluding hydrogens is 655 g/mol. The number of hydrogen-bond donors (Lipinski definition) is 0. The molecule has 0 fully saturated rings. The molecule has 0 aliphatic rings. The standard InChI is InChI=1S/C48H29NO2S/c1-4-25-43-36(16-1)39-21-9-19-34(46(39)50-43)30-12-7-14-32(28-30)49(42-24-11-23-41-38-18-3-6-27-45(38)52-48(41)42)33-15-8-13-31(29-33)35-20-10-22-40-37-17-2-5-26-44(37)51-47(35)40/h1-29H. The average molecular weight is 684 g/mol. The number of fused-ring (bicyclic) bond motifs is 9. The molecule has 0 N–H and O–H groups in total. The number of thiophene rings is 1. The van der Waals surface area contributed by atoms with Crippen LogP contribution in [0.3, 0.4) is 0 Å². The van der Waals surface area contributed by atoms with Crippen molar-refractivity contribution in [2.75, 3.05) is 4.90 Å². The lowest BCUT2D eigenvalue weighted by Gasteiger charge is -2.27. The predicted molar refractivity (Wildman–Crippen MR) is 219 cm³/mol. The Morgan fingerprint density at radius 3 is 1.48 bits per heavy atom. The third-order valence-electron chi connectivity index (χ3n) is 10.3. The Kier molecular flexibility index (Phi) is 6.42. The topological polar surface area (TPSA) is 29.5 Å². The molecule has 0 saturated carbocycles. The van der Waals surface area contributed by atoms with E-state index in [1.54, 1.807) is 0 Å². The van der Waals surface area contributed by atoms with Gasteiger partial charge in [-0.25, -0.2) is 0 Å². The minimum absolute atomic E-state index is 0.899. The maximum atomic E-state index is 6.50. The highest BCUT2D eigenvalue weighted by molar-refractivity contribution is 7.26. The Morgan fingerprint density at radius 1 is 0.385 bits per heavy atom. The van der Waals surface area contributed by atoms with Gasteiger partial charge in [0.2, 0.25) is 0 Å². The summed E-state index contributed by atoms with van der Waals surface area (Å²) in [5.74, 6) is 0. The highest BCUT2D eigenvalue weighted by atomic mass is 32.1. The zero-order chi connectivity index (χ0) is 34.2. The lowest BCUT2D eigenvalue weighted by atomic mass is 10.00. The molecule has 8 aromatic carbocycles. The number of rotatable bonds is 5. The van der Waals surface area contributed by atoms with Crippen molar-refractivity contribution < 1.29 is 8.83 Å². The summed E-state index contributed by atoms with van der Waals surface area (Å²) < 4.78 is 15.5. The average Bonchev–Trinajstić information content (AvgIpc) is 3.90. The van der Waals surface area contributed by atoms with Gasteiger partial charge >= 0.3 is 0 Å². The molecule has 3 heterocycles. The van der Waals surface area contributed by atoms with Gasteiger partial charge in [-0.3, -0.25) is 0 Å². The van der Waals surface area contributed by atoms with Crippen LogP contribution in [0.25, 0.3) is 86.3 Å². The monoisotopic (exact) mass is 683 g/mol. The highest BCUT2D eigenvalue weighted by Gasteiger charge is 2.21. The van der Waals surface area contributed by atoms with E-state index in [4.69, 9.17) is 8.83 Å². The van der Waals surface area contributed by atoms with Gasteiger partial charge in [0, 0.05) is 59.5 Å². The summed E-state index contributed by atoms with van der Waals surface area (Å²) in [6, 6.07) is 62.5. The van der Waals surface area contributed by atoms with Gasteiger partial charge in [0.05, 0.1) is 10.4 Å². The van der Waals surface area contributed by atoms with E-state index < -0.39 is 0 Å². The molecule has 0 spiro atoms. The Bertz CT molecular complexity index is 3010. The molecule has 3 aromatic heterocycles. The minimum atomic E-state index is 0.899. The van der Waals surface area contributed by atoms with Crippen LogP contribution < -0.4 is 4.90 Å². The lowest BCUT2D eigenvalue weighted by Crippen LogP contribution is -2.10. The molecule has 0 unspecified atom stereocenters. The summed E-state index contributed by atoms with van der Waals surface area (Å²) in [6.07, 6.45) is 0. The minimum Gasteiger partial charge on any atom is -0.455 e. The van der Waals surface area contributed by atoms with E-state index in [2.05, 4.69) is 157 Å². The number of furan rings is 2. The van der Waals surface area contributed by atoms with Crippen LogP contribution in [-0.2, 0) is 0 Å². The first kappa shape index (κ1) is 29.1. The van der Waals surface area contributed by atoms with Crippen LogP contribution in [-0.4, -0.2) is 0 Å². The second-order valence-electron chi connectivity index (χ2n) is 13.2. The van der Waals surface area contributed by atoms with Crippen LogP contribution in [0.4, 0.5) is 17.1 Å². The molecule has 0 amide bonds. The summed E-state index contributed by atoms with van der Waals surface area (Å²) in [5.41, 5.74) is 11.2. The molecule has 4 heteroatoms. The number of para-hydroxylation sites is 4. The molecule has 0 aliphatic carbocycles. The molecular formula is C48H29NO2S. The fraction of sp³-hybridized carbons (Fsp3) is 0. The molecule has 3 nitrogen and oxygen atoms in total. The van der Waals surface area contributed by atoms with Gasteiger partial charge in [-0.1, -0.05) is 127 Å². The van der Waals surface area contributed by atoms with Gasteiger partial charge in [-0.15, -0.1) is 11.3 Å². The molecule has 244 valence electrons. The summed E-state index contributed by atoms with van der Waals surface area (Å²) in [6.45, 7) is 0.